The van der Waals surface area contributed by atoms with Gasteiger partial charge in [0.1, 0.15) is 5.03 Å². The molecule has 0 bridgehead atoms. The van der Waals surface area contributed by atoms with E-state index >= 15 is 0 Å². The number of H-pyrrole nitrogens is 1. The lowest BCUT2D eigenvalue weighted by Gasteiger charge is -2.35. The average molecular weight is 402 g/mol. The van der Waals surface area contributed by atoms with Gasteiger partial charge in [-0.2, -0.15) is 0 Å². The van der Waals surface area contributed by atoms with Crippen LogP contribution in [0.25, 0.3) is 6.08 Å². The van der Waals surface area contributed by atoms with Crippen LogP contribution in [-0.2, 0) is 11.3 Å². The smallest absolute Gasteiger partial charge is 0.333 e. The Bertz CT molecular complexity index is 1100. The fourth-order valence-corrected chi connectivity index (χ4v) is 4.15. The second kappa shape index (κ2) is 6.33. The molecule has 3 rings (SSSR count). The number of phenolic OH excluding ortho intramolecular Hbond substituents is 1. The van der Waals surface area contributed by atoms with Crippen LogP contribution in [0.5, 0.6) is 5.75 Å². The Morgan fingerprint density at radius 1 is 1.22 bits per heavy atom. The number of fused-ring (bicyclic) bond motifs is 1. The molecule has 1 aromatic heterocycles. The molecule has 0 amide bonds. The number of benzene rings is 1. The quantitative estimate of drug-likeness (QED) is 0.483. The van der Waals surface area contributed by atoms with Crippen LogP contribution >= 0.6 is 10.6 Å². The number of rotatable bonds is 3. The summed E-state index contributed by atoms with van der Waals surface area (Å²) in [5.74, 6) is -5.96. The van der Waals surface area contributed by atoms with Crippen molar-refractivity contribution in [2.75, 3.05) is 5.75 Å². The number of halogens is 2. The summed E-state index contributed by atoms with van der Waals surface area (Å²) in [7, 11) is -3.76. The van der Waals surface area contributed by atoms with Gasteiger partial charge in [0.15, 0.2) is 17.4 Å². The fourth-order valence-electron chi connectivity index (χ4n) is 2.62. The Morgan fingerprint density at radius 2 is 1.81 bits per heavy atom. The van der Waals surface area contributed by atoms with E-state index in [9.17, 15) is 32.3 Å². The van der Waals surface area contributed by atoms with E-state index in [1.54, 1.807) is 0 Å². The van der Waals surface area contributed by atoms with Crippen LogP contribution in [0.1, 0.15) is 11.1 Å². The van der Waals surface area contributed by atoms with Crippen molar-refractivity contribution < 1.29 is 32.9 Å². The molecule has 2 heterocycles. The molecule has 12 heteroatoms. The number of phenols is 1. The minimum absolute atomic E-state index is 0.166. The van der Waals surface area contributed by atoms with Gasteiger partial charge in [0.25, 0.3) is 5.56 Å². The summed E-state index contributed by atoms with van der Waals surface area (Å²) in [5, 5.41) is 17.7. The SMILES string of the molecule is O=C(O)C1=Cc2c([nH]c(=O)n(Cc3cc(F)c(O)c(F)c3)c2=O)S(O)(O)C1. The number of hydrogen-bond acceptors (Lipinski definition) is 6. The molecule has 0 unspecified atom stereocenters. The van der Waals surface area contributed by atoms with E-state index in [1.807, 2.05) is 0 Å². The van der Waals surface area contributed by atoms with Crippen LogP contribution in [0.15, 0.2) is 32.3 Å². The number of aromatic amines is 1. The van der Waals surface area contributed by atoms with Crippen LogP contribution in [0.3, 0.4) is 0 Å². The minimum atomic E-state index is -3.76. The Labute approximate surface area is 150 Å². The molecule has 2 aromatic rings. The first-order valence-electron chi connectivity index (χ1n) is 7.25. The van der Waals surface area contributed by atoms with Crippen LogP contribution < -0.4 is 11.2 Å². The Hall–Kier alpha value is -2.96. The highest BCUT2D eigenvalue weighted by Gasteiger charge is 2.32. The molecule has 0 aliphatic carbocycles. The number of carboxylic acids is 1. The molecule has 0 radical (unpaired) electrons. The molecular weight excluding hydrogens is 390 g/mol. The van der Waals surface area contributed by atoms with Crippen molar-refractivity contribution >= 4 is 22.6 Å². The van der Waals surface area contributed by atoms with Crippen molar-refractivity contribution in [1.82, 2.24) is 9.55 Å². The number of carbonyl (C=O) groups is 1. The lowest BCUT2D eigenvalue weighted by molar-refractivity contribution is -0.132. The zero-order valence-corrected chi connectivity index (χ0v) is 14.1. The number of carboxylic acid groups (broad SMARTS) is 1. The molecule has 5 N–H and O–H groups in total. The molecule has 9 nitrogen and oxygen atoms in total. The van der Waals surface area contributed by atoms with Gasteiger partial charge in [-0.3, -0.25) is 23.5 Å². The zero-order chi connectivity index (χ0) is 20.1. The van der Waals surface area contributed by atoms with Gasteiger partial charge in [0.2, 0.25) is 0 Å². The van der Waals surface area contributed by atoms with Crippen molar-refractivity contribution in [3.8, 4) is 5.75 Å². The number of nitrogens with zero attached hydrogens (tertiary/aromatic N) is 1. The summed E-state index contributed by atoms with van der Waals surface area (Å²) in [5.41, 5.74) is -3.21. The summed E-state index contributed by atoms with van der Waals surface area (Å²) >= 11 is 0. The maximum Gasteiger partial charge on any atom is 0.333 e. The number of hydrogen-bond donors (Lipinski definition) is 5. The van der Waals surface area contributed by atoms with E-state index in [4.69, 9.17) is 10.2 Å². The first kappa shape index (κ1) is 18.8. The van der Waals surface area contributed by atoms with E-state index in [2.05, 4.69) is 4.98 Å². The molecule has 0 spiro atoms. The molecule has 1 aromatic carbocycles. The number of nitrogens with one attached hydrogen (secondary N) is 1. The summed E-state index contributed by atoms with van der Waals surface area (Å²) in [4.78, 5) is 38.0. The van der Waals surface area contributed by atoms with Gasteiger partial charge in [-0.25, -0.2) is 18.4 Å². The fraction of sp³-hybridized carbons (Fsp3) is 0.133. The van der Waals surface area contributed by atoms with Crippen molar-refractivity contribution in [3.63, 3.8) is 0 Å². The topological polar surface area (TPSA) is 153 Å². The van der Waals surface area contributed by atoms with E-state index in [-0.39, 0.29) is 5.56 Å². The molecule has 1 aliphatic heterocycles. The van der Waals surface area contributed by atoms with Gasteiger partial charge in [0.05, 0.1) is 23.4 Å². The van der Waals surface area contributed by atoms with Crippen LogP contribution in [0.4, 0.5) is 8.78 Å². The lowest BCUT2D eigenvalue weighted by atomic mass is 10.1. The number of aromatic hydroxyl groups is 1. The zero-order valence-electron chi connectivity index (χ0n) is 13.3. The van der Waals surface area contributed by atoms with Crippen LogP contribution in [0.2, 0.25) is 0 Å². The molecule has 0 atom stereocenters. The standard InChI is InChI=1S/C15H12F2N2O7S/c16-9-1-6(2-10(17)11(9)20)4-19-13(21)8-3-7(14(22)23)5-27(25,26)12(8)18-15(19)24/h1-3,20,25-26H,4-5H2,(H,18,24)(H,22,23). The Kier molecular flexibility index (Phi) is 4.41. The van der Waals surface area contributed by atoms with E-state index in [1.165, 1.54) is 0 Å². The highest BCUT2D eigenvalue weighted by atomic mass is 32.3. The summed E-state index contributed by atoms with van der Waals surface area (Å²) in [6.45, 7) is -0.606. The van der Waals surface area contributed by atoms with Gasteiger partial charge < -0.3 is 10.2 Å². The molecule has 0 saturated carbocycles. The summed E-state index contributed by atoms with van der Waals surface area (Å²) in [6.07, 6.45) is 0.905. The minimum Gasteiger partial charge on any atom is -0.503 e. The number of aromatic nitrogens is 2. The van der Waals surface area contributed by atoms with Gasteiger partial charge in [-0.15, -0.1) is 10.6 Å². The largest absolute Gasteiger partial charge is 0.503 e. The highest BCUT2D eigenvalue weighted by Crippen LogP contribution is 2.51. The molecule has 1 aliphatic rings. The predicted molar refractivity (Wildman–Crippen MR) is 90.0 cm³/mol. The Morgan fingerprint density at radius 3 is 2.37 bits per heavy atom. The van der Waals surface area contributed by atoms with E-state index < -0.39 is 73.7 Å². The number of aliphatic carboxylic acids is 1. The third-order valence-electron chi connectivity index (χ3n) is 3.88. The molecule has 0 saturated heterocycles. The summed E-state index contributed by atoms with van der Waals surface area (Å²) in [6, 6.07) is 1.44. The maximum atomic E-state index is 13.5. The molecule has 27 heavy (non-hydrogen) atoms. The first-order chi connectivity index (χ1) is 12.5. The van der Waals surface area contributed by atoms with Crippen molar-refractivity contribution in [3.05, 3.63) is 61.3 Å². The molecule has 144 valence electrons. The van der Waals surface area contributed by atoms with Gasteiger partial charge in [-0.1, -0.05) is 0 Å². The molecular formula is C15H12F2N2O7S. The predicted octanol–water partition coefficient (Wildman–Crippen LogP) is 1.16. The second-order valence-corrected chi connectivity index (χ2v) is 7.79. The Balaban J connectivity index is 2.18. The van der Waals surface area contributed by atoms with Crippen LogP contribution in [0, 0.1) is 11.6 Å². The highest BCUT2D eigenvalue weighted by molar-refractivity contribution is 8.24. The first-order valence-corrected chi connectivity index (χ1v) is 8.96. The van der Waals surface area contributed by atoms with Crippen molar-refractivity contribution in [2.45, 2.75) is 11.6 Å². The average Bonchev–Trinajstić information content (AvgIpc) is 2.56. The van der Waals surface area contributed by atoms with Crippen molar-refractivity contribution in [1.29, 1.82) is 0 Å². The van der Waals surface area contributed by atoms with Gasteiger partial charge >= 0.3 is 11.7 Å². The van der Waals surface area contributed by atoms with E-state index in [0.29, 0.717) is 4.57 Å². The third kappa shape index (κ3) is 3.25. The van der Waals surface area contributed by atoms with E-state index in [0.717, 1.165) is 18.2 Å². The van der Waals surface area contributed by atoms with Crippen LogP contribution in [-0.4, -0.2) is 40.6 Å². The second-order valence-electron chi connectivity index (χ2n) is 5.76. The normalized spacial score (nSPS) is 16.4. The summed E-state index contributed by atoms with van der Waals surface area (Å²) < 4.78 is 47.6. The lowest BCUT2D eigenvalue weighted by Crippen LogP contribution is -2.39. The van der Waals surface area contributed by atoms with Gasteiger partial charge in [-0.05, 0) is 23.8 Å². The third-order valence-corrected chi connectivity index (χ3v) is 5.57. The van der Waals surface area contributed by atoms with Gasteiger partial charge in [0, 0.05) is 0 Å². The monoisotopic (exact) mass is 402 g/mol. The molecule has 0 fully saturated rings. The van der Waals surface area contributed by atoms with Crippen molar-refractivity contribution in [2.24, 2.45) is 0 Å². The maximum absolute atomic E-state index is 13.5.